The van der Waals surface area contributed by atoms with Gasteiger partial charge in [-0.3, -0.25) is 0 Å². The highest BCUT2D eigenvalue weighted by atomic mass is 32.1. The molecule has 2 heterocycles. The van der Waals surface area contributed by atoms with E-state index >= 15 is 0 Å². The average Bonchev–Trinajstić information content (AvgIpc) is 2.73. The topological polar surface area (TPSA) is 26.0 Å². The summed E-state index contributed by atoms with van der Waals surface area (Å²) < 4.78 is 0. The van der Waals surface area contributed by atoms with E-state index in [0.29, 0.717) is 0 Å². The molecule has 0 bridgehead atoms. The maximum Gasteiger partial charge on any atom is 0.0568 e. The number of aryl methyl sites for hydroxylation is 2. The summed E-state index contributed by atoms with van der Waals surface area (Å²) in [7, 11) is 0. The molecule has 3 heteroatoms. The minimum Gasteiger partial charge on any atom is -0.320 e. The third-order valence-electron chi connectivity index (χ3n) is 2.22. The van der Waals surface area contributed by atoms with Crippen LogP contribution in [0.25, 0.3) is 0 Å². The SMILES string of the molecule is Cc1cc(C(N)c2csc(C)c2)cs1. The third-order valence-corrected chi connectivity index (χ3v) is 3.98. The highest BCUT2D eigenvalue weighted by molar-refractivity contribution is 7.10. The fourth-order valence-electron chi connectivity index (χ4n) is 1.45. The molecule has 14 heavy (non-hydrogen) atoms. The lowest BCUT2D eigenvalue weighted by Crippen LogP contribution is -2.09. The average molecular weight is 223 g/mol. The molecule has 0 unspecified atom stereocenters. The monoisotopic (exact) mass is 223 g/mol. The first kappa shape index (κ1) is 9.90. The van der Waals surface area contributed by atoms with Crippen molar-refractivity contribution in [3.8, 4) is 0 Å². The molecule has 1 nitrogen and oxygen atoms in total. The van der Waals surface area contributed by atoms with Crippen LogP contribution in [0.1, 0.15) is 26.9 Å². The molecule has 0 radical (unpaired) electrons. The molecule has 0 fully saturated rings. The van der Waals surface area contributed by atoms with Crippen LogP contribution in [-0.2, 0) is 0 Å². The predicted molar refractivity (Wildman–Crippen MR) is 64.1 cm³/mol. The van der Waals surface area contributed by atoms with Gasteiger partial charge >= 0.3 is 0 Å². The Hall–Kier alpha value is -0.640. The normalized spacial score (nSPS) is 11.1. The minimum atomic E-state index is 0.0462. The van der Waals surface area contributed by atoms with Crippen LogP contribution in [0.2, 0.25) is 0 Å². The van der Waals surface area contributed by atoms with Gasteiger partial charge in [-0.05, 0) is 47.9 Å². The molecule has 0 spiro atoms. The molecular weight excluding hydrogens is 210 g/mol. The van der Waals surface area contributed by atoms with E-state index in [-0.39, 0.29) is 6.04 Å². The quantitative estimate of drug-likeness (QED) is 0.829. The van der Waals surface area contributed by atoms with Crippen molar-refractivity contribution in [2.24, 2.45) is 5.73 Å². The number of hydrogen-bond donors (Lipinski definition) is 1. The molecule has 0 aromatic carbocycles. The minimum absolute atomic E-state index is 0.0462. The van der Waals surface area contributed by atoms with E-state index < -0.39 is 0 Å². The zero-order valence-electron chi connectivity index (χ0n) is 8.28. The Labute approximate surface area is 92.2 Å². The van der Waals surface area contributed by atoms with Gasteiger partial charge in [0.1, 0.15) is 0 Å². The van der Waals surface area contributed by atoms with Crippen LogP contribution in [0.15, 0.2) is 22.9 Å². The zero-order chi connectivity index (χ0) is 10.1. The van der Waals surface area contributed by atoms with Gasteiger partial charge in [0.05, 0.1) is 6.04 Å². The maximum absolute atomic E-state index is 6.16. The van der Waals surface area contributed by atoms with E-state index in [1.54, 1.807) is 22.7 Å². The van der Waals surface area contributed by atoms with Crippen molar-refractivity contribution in [3.05, 3.63) is 43.8 Å². The number of rotatable bonds is 2. The van der Waals surface area contributed by atoms with Gasteiger partial charge < -0.3 is 5.73 Å². The smallest absolute Gasteiger partial charge is 0.0568 e. The summed E-state index contributed by atoms with van der Waals surface area (Å²) in [4.78, 5) is 2.64. The van der Waals surface area contributed by atoms with Gasteiger partial charge in [-0.2, -0.15) is 0 Å². The van der Waals surface area contributed by atoms with E-state index in [1.165, 1.54) is 20.9 Å². The van der Waals surface area contributed by atoms with Crippen molar-refractivity contribution in [3.63, 3.8) is 0 Å². The molecule has 74 valence electrons. The molecule has 0 saturated heterocycles. The number of nitrogens with two attached hydrogens (primary N) is 1. The van der Waals surface area contributed by atoms with Gasteiger partial charge in [-0.15, -0.1) is 22.7 Å². The van der Waals surface area contributed by atoms with Crippen molar-refractivity contribution in [2.75, 3.05) is 0 Å². The molecular formula is C11H13NS2. The third kappa shape index (κ3) is 1.90. The molecule has 0 aliphatic carbocycles. The van der Waals surface area contributed by atoms with Gasteiger partial charge in [0.25, 0.3) is 0 Å². The summed E-state index contributed by atoms with van der Waals surface area (Å²) in [5, 5.41) is 4.29. The van der Waals surface area contributed by atoms with E-state index in [1.807, 2.05) is 0 Å². The maximum atomic E-state index is 6.16. The van der Waals surface area contributed by atoms with Crippen LogP contribution in [0.3, 0.4) is 0 Å². The Morgan fingerprint density at radius 1 is 1.00 bits per heavy atom. The first-order valence-corrected chi connectivity index (χ1v) is 6.28. The molecule has 0 amide bonds. The second-order valence-electron chi connectivity index (χ2n) is 3.46. The van der Waals surface area contributed by atoms with Crippen LogP contribution in [-0.4, -0.2) is 0 Å². The highest BCUT2D eigenvalue weighted by Gasteiger charge is 2.11. The molecule has 0 atom stereocenters. The molecule has 2 aromatic heterocycles. The lowest BCUT2D eigenvalue weighted by Gasteiger charge is -2.06. The summed E-state index contributed by atoms with van der Waals surface area (Å²) in [6.07, 6.45) is 0. The van der Waals surface area contributed by atoms with Gasteiger partial charge in [-0.25, -0.2) is 0 Å². The number of thiophene rings is 2. The molecule has 0 saturated carbocycles. The second-order valence-corrected chi connectivity index (χ2v) is 5.69. The summed E-state index contributed by atoms with van der Waals surface area (Å²) in [6, 6.07) is 4.38. The summed E-state index contributed by atoms with van der Waals surface area (Å²) >= 11 is 3.52. The molecule has 2 N–H and O–H groups in total. The molecule has 0 aliphatic rings. The van der Waals surface area contributed by atoms with Gasteiger partial charge in [0.2, 0.25) is 0 Å². The highest BCUT2D eigenvalue weighted by Crippen LogP contribution is 2.27. The second kappa shape index (κ2) is 3.85. The van der Waals surface area contributed by atoms with Gasteiger partial charge in [0, 0.05) is 9.75 Å². The Morgan fingerprint density at radius 3 is 1.71 bits per heavy atom. The van der Waals surface area contributed by atoms with E-state index in [2.05, 4.69) is 36.7 Å². The van der Waals surface area contributed by atoms with Crippen molar-refractivity contribution < 1.29 is 0 Å². The van der Waals surface area contributed by atoms with Gasteiger partial charge in [-0.1, -0.05) is 0 Å². The predicted octanol–water partition coefficient (Wildman–Crippen LogP) is 3.47. The van der Waals surface area contributed by atoms with Crippen LogP contribution in [0.4, 0.5) is 0 Å². The van der Waals surface area contributed by atoms with Crippen LogP contribution in [0, 0.1) is 13.8 Å². The summed E-state index contributed by atoms with van der Waals surface area (Å²) in [6.45, 7) is 4.22. The van der Waals surface area contributed by atoms with Crippen molar-refractivity contribution in [2.45, 2.75) is 19.9 Å². The largest absolute Gasteiger partial charge is 0.320 e. The standard InChI is InChI=1S/C11H13NS2/c1-7-3-9(5-13-7)11(12)10-4-8(2)14-6-10/h3-6,11H,12H2,1-2H3. The van der Waals surface area contributed by atoms with E-state index in [4.69, 9.17) is 5.73 Å². The van der Waals surface area contributed by atoms with E-state index in [9.17, 15) is 0 Å². The van der Waals surface area contributed by atoms with Crippen LogP contribution in [0.5, 0.6) is 0 Å². The first-order valence-electron chi connectivity index (χ1n) is 4.52. The van der Waals surface area contributed by atoms with Crippen LogP contribution >= 0.6 is 22.7 Å². The Bertz CT molecular complexity index is 388. The Balaban J connectivity index is 2.28. The molecule has 2 rings (SSSR count). The Morgan fingerprint density at radius 2 is 1.43 bits per heavy atom. The molecule has 2 aromatic rings. The van der Waals surface area contributed by atoms with Crippen molar-refractivity contribution >= 4 is 22.7 Å². The zero-order valence-corrected chi connectivity index (χ0v) is 9.91. The van der Waals surface area contributed by atoms with Crippen molar-refractivity contribution in [1.29, 1.82) is 0 Å². The first-order chi connectivity index (χ1) is 6.66. The lowest BCUT2D eigenvalue weighted by atomic mass is 10.1. The van der Waals surface area contributed by atoms with E-state index in [0.717, 1.165) is 0 Å². The summed E-state index contributed by atoms with van der Waals surface area (Å²) in [5.41, 5.74) is 8.61. The fraction of sp³-hybridized carbons (Fsp3) is 0.273. The summed E-state index contributed by atoms with van der Waals surface area (Å²) in [5.74, 6) is 0. The van der Waals surface area contributed by atoms with Crippen molar-refractivity contribution in [1.82, 2.24) is 0 Å². The van der Waals surface area contributed by atoms with Gasteiger partial charge in [0.15, 0.2) is 0 Å². The molecule has 0 aliphatic heterocycles. The lowest BCUT2D eigenvalue weighted by molar-refractivity contribution is 0.881. The number of hydrogen-bond acceptors (Lipinski definition) is 3. The van der Waals surface area contributed by atoms with Crippen LogP contribution < -0.4 is 5.73 Å². The fourth-order valence-corrected chi connectivity index (χ4v) is 2.93. The Kier molecular flexibility index (Phi) is 2.72.